The van der Waals surface area contributed by atoms with E-state index in [-0.39, 0.29) is 23.3 Å². The molecule has 0 radical (unpaired) electrons. The third-order valence-corrected chi connectivity index (χ3v) is 3.94. The molecule has 1 heterocycles. The SMILES string of the molecule is CC1OC(=O)N(C)C1c1ccc(-c2ccccc2F)c(F)c1. The molecule has 1 saturated heterocycles. The highest BCUT2D eigenvalue weighted by Crippen LogP contribution is 2.34. The molecular formula is C17H15F2NO2. The van der Waals surface area contributed by atoms with Gasteiger partial charge >= 0.3 is 6.09 Å². The molecule has 1 aliphatic heterocycles. The van der Waals surface area contributed by atoms with E-state index in [1.165, 1.54) is 29.2 Å². The van der Waals surface area contributed by atoms with Crippen molar-refractivity contribution in [2.45, 2.75) is 19.1 Å². The first-order valence-corrected chi connectivity index (χ1v) is 6.97. The number of carbonyl (C=O) groups is 1. The summed E-state index contributed by atoms with van der Waals surface area (Å²) in [5, 5.41) is 0. The number of hydrogen-bond donors (Lipinski definition) is 0. The lowest BCUT2D eigenvalue weighted by Gasteiger charge is -2.20. The summed E-state index contributed by atoms with van der Waals surface area (Å²) in [5.41, 5.74) is 1.03. The van der Waals surface area contributed by atoms with Gasteiger partial charge in [-0.3, -0.25) is 0 Å². The molecule has 1 aliphatic rings. The molecule has 1 amide bonds. The Morgan fingerprint density at radius 1 is 1.05 bits per heavy atom. The number of amides is 1. The molecule has 2 aromatic rings. The predicted molar refractivity (Wildman–Crippen MR) is 78.2 cm³/mol. The summed E-state index contributed by atoms with van der Waals surface area (Å²) in [5.74, 6) is -0.999. The van der Waals surface area contributed by atoms with Gasteiger partial charge in [0.1, 0.15) is 17.7 Å². The van der Waals surface area contributed by atoms with Crippen LogP contribution >= 0.6 is 0 Å². The van der Waals surface area contributed by atoms with Gasteiger partial charge in [0.2, 0.25) is 0 Å². The third-order valence-electron chi connectivity index (χ3n) is 3.94. The van der Waals surface area contributed by atoms with Crippen LogP contribution in [-0.2, 0) is 4.74 Å². The number of rotatable bonds is 2. The van der Waals surface area contributed by atoms with E-state index in [2.05, 4.69) is 0 Å². The lowest BCUT2D eigenvalue weighted by atomic mass is 9.97. The summed E-state index contributed by atoms with van der Waals surface area (Å²) >= 11 is 0. The molecule has 2 aromatic carbocycles. The Morgan fingerprint density at radius 2 is 1.73 bits per heavy atom. The van der Waals surface area contributed by atoms with Crippen molar-refractivity contribution in [3.8, 4) is 11.1 Å². The number of likely N-dealkylation sites (N-methyl/N-ethyl adjacent to an activating group) is 1. The van der Waals surface area contributed by atoms with Gasteiger partial charge in [-0.15, -0.1) is 0 Å². The number of cyclic esters (lactones) is 1. The van der Waals surface area contributed by atoms with Crippen LogP contribution in [0.1, 0.15) is 18.5 Å². The molecule has 3 rings (SSSR count). The first kappa shape index (κ1) is 14.5. The summed E-state index contributed by atoms with van der Waals surface area (Å²) in [6.07, 6.45) is -0.799. The summed E-state index contributed by atoms with van der Waals surface area (Å²) in [4.78, 5) is 13.0. The highest BCUT2D eigenvalue weighted by molar-refractivity contribution is 5.71. The van der Waals surface area contributed by atoms with E-state index in [4.69, 9.17) is 4.74 Å². The molecule has 0 aromatic heterocycles. The molecule has 0 spiro atoms. The van der Waals surface area contributed by atoms with E-state index in [9.17, 15) is 13.6 Å². The zero-order valence-electron chi connectivity index (χ0n) is 12.2. The van der Waals surface area contributed by atoms with E-state index in [0.29, 0.717) is 5.56 Å². The van der Waals surface area contributed by atoms with E-state index < -0.39 is 17.7 Å². The fourth-order valence-electron chi connectivity index (χ4n) is 2.84. The smallest absolute Gasteiger partial charge is 0.410 e. The fourth-order valence-corrected chi connectivity index (χ4v) is 2.84. The zero-order valence-corrected chi connectivity index (χ0v) is 12.2. The minimum absolute atomic E-state index is 0.197. The van der Waals surface area contributed by atoms with Crippen LogP contribution in [0.5, 0.6) is 0 Å². The monoisotopic (exact) mass is 303 g/mol. The zero-order chi connectivity index (χ0) is 15.9. The largest absolute Gasteiger partial charge is 0.444 e. The number of benzene rings is 2. The van der Waals surface area contributed by atoms with Gasteiger partial charge in [0.15, 0.2) is 0 Å². The van der Waals surface area contributed by atoms with E-state index in [1.807, 2.05) is 0 Å². The van der Waals surface area contributed by atoms with Crippen LogP contribution in [0.25, 0.3) is 11.1 Å². The molecule has 5 heteroatoms. The molecule has 0 saturated carbocycles. The van der Waals surface area contributed by atoms with Gasteiger partial charge in [-0.2, -0.15) is 0 Å². The molecule has 0 N–H and O–H groups in total. The van der Waals surface area contributed by atoms with Gasteiger partial charge in [0.25, 0.3) is 0 Å². The quantitative estimate of drug-likeness (QED) is 0.834. The second-order valence-electron chi connectivity index (χ2n) is 5.36. The Hall–Kier alpha value is -2.43. The van der Waals surface area contributed by atoms with Crippen molar-refractivity contribution in [3.63, 3.8) is 0 Å². The molecule has 114 valence electrons. The standard InChI is InChI=1S/C17H15F2NO2/c1-10-16(20(2)17(21)22-10)11-7-8-13(15(19)9-11)12-5-3-4-6-14(12)18/h3-10,16H,1-2H3. The topological polar surface area (TPSA) is 29.5 Å². The molecule has 22 heavy (non-hydrogen) atoms. The maximum atomic E-state index is 14.4. The first-order valence-electron chi connectivity index (χ1n) is 6.97. The van der Waals surface area contributed by atoms with Crippen LogP contribution in [0, 0.1) is 11.6 Å². The van der Waals surface area contributed by atoms with Gasteiger partial charge in [-0.05, 0) is 24.6 Å². The van der Waals surface area contributed by atoms with Gasteiger partial charge in [-0.25, -0.2) is 13.6 Å². The van der Waals surface area contributed by atoms with Crippen LogP contribution < -0.4 is 0 Å². The number of halogens is 2. The molecule has 3 nitrogen and oxygen atoms in total. The second-order valence-corrected chi connectivity index (χ2v) is 5.36. The summed E-state index contributed by atoms with van der Waals surface area (Å²) in [6.45, 7) is 1.76. The molecule has 1 fully saturated rings. The number of nitrogens with zero attached hydrogens (tertiary/aromatic N) is 1. The minimum Gasteiger partial charge on any atom is -0.444 e. The Labute approximate surface area is 127 Å². The molecule has 0 bridgehead atoms. The normalized spacial score (nSPS) is 21.1. The molecule has 0 aliphatic carbocycles. The fraction of sp³-hybridized carbons (Fsp3) is 0.235. The maximum Gasteiger partial charge on any atom is 0.410 e. The number of carbonyl (C=O) groups excluding carboxylic acids is 1. The lowest BCUT2D eigenvalue weighted by Crippen LogP contribution is -2.24. The summed E-state index contributed by atoms with van der Waals surface area (Å²) in [7, 11) is 1.61. The second kappa shape index (κ2) is 5.40. The van der Waals surface area contributed by atoms with Crippen LogP contribution in [0.15, 0.2) is 42.5 Å². The van der Waals surface area contributed by atoms with Gasteiger partial charge < -0.3 is 9.64 Å². The van der Waals surface area contributed by atoms with Crippen molar-refractivity contribution in [3.05, 3.63) is 59.7 Å². The minimum atomic E-state index is -0.525. The third kappa shape index (κ3) is 2.32. The predicted octanol–water partition coefficient (Wildman–Crippen LogP) is 4.14. The Kier molecular flexibility index (Phi) is 3.56. The van der Waals surface area contributed by atoms with E-state index in [1.54, 1.807) is 32.2 Å². The van der Waals surface area contributed by atoms with Crippen molar-refractivity contribution in [1.29, 1.82) is 0 Å². The summed E-state index contributed by atoms with van der Waals surface area (Å²) < 4.78 is 33.3. The van der Waals surface area contributed by atoms with Gasteiger partial charge in [0.05, 0.1) is 6.04 Å². The van der Waals surface area contributed by atoms with Crippen LogP contribution in [0.3, 0.4) is 0 Å². The highest BCUT2D eigenvalue weighted by Gasteiger charge is 2.37. The highest BCUT2D eigenvalue weighted by atomic mass is 19.1. The van der Waals surface area contributed by atoms with Crippen molar-refractivity contribution in [2.75, 3.05) is 7.05 Å². The Bertz CT molecular complexity index is 732. The maximum absolute atomic E-state index is 14.4. The van der Waals surface area contributed by atoms with Gasteiger partial charge in [-0.1, -0.05) is 30.3 Å². The Morgan fingerprint density at radius 3 is 2.32 bits per heavy atom. The average Bonchev–Trinajstić information content (AvgIpc) is 2.73. The van der Waals surface area contributed by atoms with Crippen molar-refractivity contribution < 1.29 is 18.3 Å². The molecule has 2 atom stereocenters. The van der Waals surface area contributed by atoms with Crippen LogP contribution in [0.4, 0.5) is 13.6 Å². The lowest BCUT2D eigenvalue weighted by molar-refractivity contribution is 0.138. The van der Waals surface area contributed by atoms with Crippen LogP contribution in [-0.4, -0.2) is 24.1 Å². The van der Waals surface area contributed by atoms with E-state index in [0.717, 1.165) is 0 Å². The van der Waals surface area contributed by atoms with Crippen LogP contribution in [0.2, 0.25) is 0 Å². The first-order chi connectivity index (χ1) is 10.5. The number of ether oxygens (including phenoxy) is 1. The molecule has 2 unspecified atom stereocenters. The average molecular weight is 303 g/mol. The van der Waals surface area contributed by atoms with Crippen molar-refractivity contribution in [2.24, 2.45) is 0 Å². The van der Waals surface area contributed by atoms with Gasteiger partial charge in [0, 0.05) is 18.2 Å². The Balaban J connectivity index is 2.00. The van der Waals surface area contributed by atoms with Crippen molar-refractivity contribution in [1.82, 2.24) is 4.90 Å². The van der Waals surface area contributed by atoms with Crippen molar-refractivity contribution >= 4 is 6.09 Å². The number of hydrogen-bond acceptors (Lipinski definition) is 2. The van der Waals surface area contributed by atoms with E-state index >= 15 is 0 Å². The molecular weight excluding hydrogens is 288 g/mol. The summed E-state index contributed by atoms with van der Waals surface area (Å²) in [6, 6.07) is 10.3.